The maximum absolute atomic E-state index is 13.2. The van der Waals surface area contributed by atoms with Gasteiger partial charge in [-0.2, -0.15) is 0 Å². The number of piperazine rings is 1. The summed E-state index contributed by atoms with van der Waals surface area (Å²) < 4.78 is 0. The normalized spacial score (nSPS) is 19.7. The van der Waals surface area contributed by atoms with Crippen LogP contribution in [0.5, 0.6) is 5.75 Å². The maximum Gasteiger partial charge on any atom is 0.253 e. The molecule has 0 radical (unpaired) electrons. The molecule has 146 valence electrons. The quantitative estimate of drug-likeness (QED) is 0.849. The first-order chi connectivity index (χ1) is 11.9. The number of amides is 1. The summed E-state index contributed by atoms with van der Waals surface area (Å²) in [5.41, 5.74) is 1.66. The lowest BCUT2D eigenvalue weighted by Gasteiger charge is -2.39. The second-order valence-corrected chi connectivity index (χ2v) is 9.49. The summed E-state index contributed by atoms with van der Waals surface area (Å²) in [6, 6.07) is 3.63. The Hall–Kier alpha value is -1.59. The molecular formula is C21H34N2O3. The molecule has 2 N–H and O–H groups in total. The molecular weight excluding hydrogens is 328 g/mol. The molecule has 0 aromatic heterocycles. The molecule has 0 bridgehead atoms. The van der Waals surface area contributed by atoms with E-state index in [-0.39, 0.29) is 35.1 Å². The number of nitrogens with zero attached hydrogens (tertiary/aromatic N) is 2. The van der Waals surface area contributed by atoms with Gasteiger partial charge in [-0.15, -0.1) is 0 Å². The average Bonchev–Trinajstić information content (AvgIpc) is 2.52. The van der Waals surface area contributed by atoms with Crippen molar-refractivity contribution >= 4 is 5.91 Å². The van der Waals surface area contributed by atoms with Crippen LogP contribution in [0.15, 0.2) is 12.1 Å². The van der Waals surface area contributed by atoms with Gasteiger partial charge < -0.3 is 15.1 Å². The van der Waals surface area contributed by atoms with E-state index in [4.69, 9.17) is 0 Å². The van der Waals surface area contributed by atoms with Crippen molar-refractivity contribution in [3.63, 3.8) is 0 Å². The van der Waals surface area contributed by atoms with Crippen molar-refractivity contribution in [1.29, 1.82) is 0 Å². The van der Waals surface area contributed by atoms with Gasteiger partial charge >= 0.3 is 0 Å². The molecule has 1 saturated heterocycles. The standard InChI is InChI=1S/C21H34N2O3/c1-20(2,3)16-10-14(11-17(18(16)25)21(4,5)6)19(26)23-9-8-22(7)15(12-23)13-24/h10-11,15,24-25H,8-9,12-13H2,1-7H3/t15-/m0/s1. The van der Waals surface area contributed by atoms with Crippen LogP contribution in [0.25, 0.3) is 0 Å². The van der Waals surface area contributed by atoms with Gasteiger partial charge in [-0.1, -0.05) is 41.5 Å². The van der Waals surface area contributed by atoms with Crippen molar-refractivity contribution < 1.29 is 15.0 Å². The molecule has 1 aromatic rings. The van der Waals surface area contributed by atoms with E-state index >= 15 is 0 Å². The number of aliphatic hydroxyl groups is 1. The third-order valence-electron chi connectivity index (χ3n) is 5.25. The van der Waals surface area contributed by atoms with Crippen LogP contribution in [-0.2, 0) is 10.8 Å². The number of phenolic OH excluding ortho intramolecular Hbond substituents is 1. The van der Waals surface area contributed by atoms with E-state index in [1.807, 2.05) is 65.6 Å². The molecule has 1 atom stereocenters. The number of benzene rings is 1. The third kappa shape index (κ3) is 4.21. The predicted molar refractivity (Wildman–Crippen MR) is 105 cm³/mol. The van der Waals surface area contributed by atoms with Crippen molar-refractivity contribution in [2.24, 2.45) is 0 Å². The minimum absolute atomic E-state index is 0.0333. The van der Waals surface area contributed by atoms with Crippen LogP contribution in [-0.4, -0.2) is 65.3 Å². The van der Waals surface area contributed by atoms with Gasteiger partial charge in [0, 0.05) is 36.3 Å². The first kappa shape index (κ1) is 20.7. The van der Waals surface area contributed by atoms with Gasteiger partial charge in [0.15, 0.2) is 0 Å². The average molecular weight is 363 g/mol. The molecule has 26 heavy (non-hydrogen) atoms. The lowest BCUT2D eigenvalue weighted by atomic mass is 9.78. The number of carbonyl (C=O) groups is 1. The Bertz CT molecular complexity index is 636. The largest absolute Gasteiger partial charge is 0.507 e. The molecule has 1 aliphatic rings. The third-order valence-corrected chi connectivity index (χ3v) is 5.25. The molecule has 0 spiro atoms. The Kier molecular flexibility index (Phi) is 5.74. The topological polar surface area (TPSA) is 64.0 Å². The van der Waals surface area contributed by atoms with Crippen LogP contribution in [0.3, 0.4) is 0 Å². The van der Waals surface area contributed by atoms with Crippen LogP contribution >= 0.6 is 0 Å². The smallest absolute Gasteiger partial charge is 0.253 e. The Morgan fingerprint density at radius 3 is 2.00 bits per heavy atom. The second kappa shape index (κ2) is 7.20. The van der Waals surface area contributed by atoms with Gasteiger partial charge in [-0.3, -0.25) is 9.69 Å². The molecule has 5 heteroatoms. The van der Waals surface area contributed by atoms with Crippen LogP contribution in [0.1, 0.15) is 63.0 Å². The Morgan fingerprint density at radius 2 is 1.58 bits per heavy atom. The van der Waals surface area contributed by atoms with Crippen LogP contribution in [0, 0.1) is 0 Å². The number of hydrogen-bond donors (Lipinski definition) is 2. The fraction of sp³-hybridized carbons (Fsp3) is 0.667. The monoisotopic (exact) mass is 362 g/mol. The van der Waals surface area contributed by atoms with Crippen molar-refractivity contribution in [1.82, 2.24) is 9.80 Å². The molecule has 2 rings (SSSR count). The van der Waals surface area contributed by atoms with Gasteiger partial charge in [0.05, 0.1) is 12.6 Å². The minimum Gasteiger partial charge on any atom is -0.507 e. The van der Waals surface area contributed by atoms with Gasteiger partial charge in [-0.05, 0) is 30.0 Å². The molecule has 1 aromatic carbocycles. The highest BCUT2D eigenvalue weighted by Crippen LogP contribution is 2.40. The van der Waals surface area contributed by atoms with Gasteiger partial charge in [-0.25, -0.2) is 0 Å². The molecule has 1 fully saturated rings. The lowest BCUT2D eigenvalue weighted by Crippen LogP contribution is -2.54. The summed E-state index contributed by atoms with van der Waals surface area (Å²) in [6.07, 6.45) is 0. The number of rotatable bonds is 2. The second-order valence-electron chi connectivity index (χ2n) is 9.49. The molecule has 0 unspecified atom stereocenters. The Morgan fingerprint density at radius 1 is 1.08 bits per heavy atom. The summed E-state index contributed by atoms with van der Waals surface area (Å²) >= 11 is 0. The number of carbonyl (C=O) groups excluding carboxylic acids is 1. The van der Waals surface area contributed by atoms with E-state index in [1.54, 1.807) is 0 Å². The van der Waals surface area contributed by atoms with E-state index in [9.17, 15) is 15.0 Å². The maximum atomic E-state index is 13.2. The summed E-state index contributed by atoms with van der Waals surface area (Å²) in [5, 5.41) is 20.4. The fourth-order valence-electron chi connectivity index (χ4n) is 3.41. The SMILES string of the molecule is CN1CCN(C(=O)c2cc(C(C)(C)C)c(O)c(C(C)(C)C)c2)C[C@H]1CO. The van der Waals surface area contributed by atoms with E-state index in [0.717, 1.165) is 17.7 Å². The van der Waals surface area contributed by atoms with Gasteiger partial charge in [0.2, 0.25) is 0 Å². The van der Waals surface area contributed by atoms with Gasteiger partial charge in [0.25, 0.3) is 5.91 Å². The summed E-state index contributed by atoms with van der Waals surface area (Å²) in [7, 11) is 1.97. The molecule has 1 aliphatic heterocycles. The fourth-order valence-corrected chi connectivity index (χ4v) is 3.41. The molecule has 1 amide bonds. The van der Waals surface area contributed by atoms with E-state index in [0.29, 0.717) is 18.7 Å². The number of likely N-dealkylation sites (N-methyl/N-ethyl adjacent to an activating group) is 1. The number of hydrogen-bond acceptors (Lipinski definition) is 4. The first-order valence-corrected chi connectivity index (χ1v) is 9.34. The highest BCUT2D eigenvalue weighted by Gasteiger charge is 2.31. The van der Waals surface area contributed by atoms with Crippen molar-refractivity contribution in [2.45, 2.75) is 58.4 Å². The zero-order valence-electron chi connectivity index (χ0n) is 17.3. The molecule has 5 nitrogen and oxygen atoms in total. The van der Waals surface area contributed by atoms with Crippen LogP contribution < -0.4 is 0 Å². The summed E-state index contributed by atoms with van der Waals surface area (Å²) in [6.45, 7) is 14.2. The zero-order valence-corrected chi connectivity index (χ0v) is 17.3. The van der Waals surface area contributed by atoms with E-state index in [2.05, 4.69) is 4.90 Å². The van der Waals surface area contributed by atoms with E-state index < -0.39 is 0 Å². The number of aliphatic hydroxyl groups excluding tert-OH is 1. The van der Waals surface area contributed by atoms with E-state index in [1.165, 1.54) is 0 Å². The highest BCUT2D eigenvalue weighted by molar-refractivity contribution is 5.95. The lowest BCUT2D eigenvalue weighted by molar-refractivity contribution is 0.0420. The minimum atomic E-state index is -0.268. The molecule has 0 aliphatic carbocycles. The van der Waals surface area contributed by atoms with Crippen molar-refractivity contribution in [3.05, 3.63) is 28.8 Å². The Balaban J connectivity index is 2.47. The molecule has 0 saturated carbocycles. The highest BCUT2D eigenvalue weighted by atomic mass is 16.3. The zero-order chi connectivity index (χ0) is 19.9. The number of aromatic hydroxyl groups is 1. The predicted octanol–water partition coefficient (Wildman–Crippen LogP) is 2.74. The first-order valence-electron chi connectivity index (χ1n) is 9.34. The van der Waals surface area contributed by atoms with Gasteiger partial charge in [0.1, 0.15) is 5.75 Å². The molecule has 1 heterocycles. The Labute approximate surface area is 157 Å². The number of phenols is 1. The van der Waals surface area contributed by atoms with Crippen LogP contribution in [0.2, 0.25) is 0 Å². The summed E-state index contributed by atoms with van der Waals surface area (Å²) in [5.74, 6) is 0.251. The van der Waals surface area contributed by atoms with Crippen molar-refractivity contribution in [2.75, 3.05) is 33.3 Å². The summed E-state index contributed by atoms with van der Waals surface area (Å²) in [4.78, 5) is 17.1. The van der Waals surface area contributed by atoms with Crippen molar-refractivity contribution in [3.8, 4) is 5.75 Å². The van der Waals surface area contributed by atoms with Crippen LogP contribution in [0.4, 0.5) is 0 Å².